The van der Waals surface area contributed by atoms with E-state index >= 15 is 0 Å². The predicted molar refractivity (Wildman–Crippen MR) is 23.5 cm³/mol. The van der Waals surface area contributed by atoms with Gasteiger partial charge >= 0.3 is 78.4 Å². The molecule has 0 aromatic rings. The summed E-state index contributed by atoms with van der Waals surface area (Å²) < 4.78 is 0. The van der Waals surface area contributed by atoms with Gasteiger partial charge in [-0.1, -0.05) is 0 Å². The molecule has 4 nitrogen and oxygen atoms in total. The second-order valence-corrected chi connectivity index (χ2v) is 0. The predicted octanol–water partition coefficient (Wildman–Crippen LogP) is -6.34. The molecule has 0 radical (unpaired) electrons. The van der Waals surface area contributed by atoms with E-state index < -0.39 is 0 Å². The second-order valence-electron chi connectivity index (χ2n) is 0. The Morgan fingerprint density at radius 3 is 0.714 bits per heavy atom. The summed E-state index contributed by atoms with van der Waals surface area (Å²) >= 11 is 0. The van der Waals surface area contributed by atoms with Gasteiger partial charge in [-0.3, -0.25) is 0 Å². The van der Waals surface area contributed by atoms with Crippen LogP contribution in [0.15, 0.2) is 0 Å². The molecule has 0 fully saturated rings. The van der Waals surface area contributed by atoms with Crippen molar-refractivity contribution in [2.24, 2.45) is 0 Å². The summed E-state index contributed by atoms with van der Waals surface area (Å²) in [4.78, 5) is 0. The van der Waals surface area contributed by atoms with E-state index in [1.807, 2.05) is 0 Å². The summed E-state index contributed by atoms with van der Waals surface area (Å²) in [6.45, 7) is 0. The monoisotopic (exact) mass is 284 g/mol. The number of hydrogen-bond donors (Lipinski definition) is 0. The van der Waals surface area contributed by atoms with Crippen molar-refractivity contribution in [3.8, 4) is 0 Å². The van der Waals surface area contributed by atoms with Crippen molar-refractivity contribution in [2.45, 2.75) is 0 Å². The van der Waals surface area contributed by atoms with Crippen molar-refractivity contribution in [1.82, 2.24) is 0 Å². The molecule has 7 heavy (non-hydrogen) atoms. The zero-order chi connectivity index (χ0) is 0. The Morgan fingerprint density at radius 1 is 0.714 bits per heavy atom. The topological polar surface area (TPSA) is 126 Å². The SMILES string of the molecule is O.O.O.O.[Ba+2].[H-].[H-].[H-].[Na+].[Ti]. The van der Waals surface area contributed by atoms with Gasteiger partial charge in [0.1, 0.15) is 0 Å². The van der Waals surface area contributed by atoms with Gasteiger partial charge in [-0.05, 0) is 0 Å². The van der Waals surface area contributed by atoms with Crippen LogP contribution in [-0.2, 0) is 21.7 Å². The molecule has 0 unspecified atom stereocenters. The standard InChI is InChI=1S/Ba.Na.4H2O.Ti.3H/h;;4*1H2;;;;/q+2;+1;;;;;;3*-1. The van der Waals surface area contributed by atoms with Crippen molar-refractivity contribution in [3.63, 3.8) is 0 Å². The van der Waals surface area contributed by atoms with Crippen LogP contribution in [0.4, 0.5) is 0 Å². The fraction of sp³-hybridized carbons (Fsp3) is 0. The summed E-state index contributed by atoms with van der Waals surface area (Å²) in [5.74, 6) is 0. The summed E-state index contributed by atoms with van der Waals surface area (Å²) in [7, 11) is 0. The summed E-state index contributed by atoms with van der Waals surface area (Å²) in [5, 5.41) is 0. The minimum Gasteiger partial charge on any atom is -1.00 e. The Balaban J connectivity index is 0. The van der Waals surface area contributed by atoms with Gasteiger partial charge < -0.3 is 26.2 Å². The molecule has 0 aliphatic heterocycles. The molecule has 0 heterocycles. The molecular formula is H11BaNaO4Ti. The number of hydrogen-bond acceptors (Lipinski definition) is 0. The van der Waals surface area contributed by atoms with Gasteiger partial charge in [-0.2, -0.15) is 0 Å². The molecule has 0 aromatic heterocycles. The van der Waals surface area contributed by atoms with Crippen molar-refractivity contribution in [3.05, 3.63) is 0 Å². The van der Waals surface area contributed by atoms with Crippen LogP contribution < -0.4 is 29.6 Å². The van der Waals surface area contributed by atoms with E-state index in [2.05, 4.69) is 0 Å². The fourth-order valence-corrected chi connectivity index (χ4v) is 0. The Labute approximate surface area is 124 Å². The van der Waals surface area contributed by atoms with Gasteiger partial charge in [-0.15, -0.1) is 0 Å². The first-order valence-electron chi connectivity index (χ1n) is 0. The van der Waals surface area contributed by atoms with Gasteiger partial charge in [0.2, 0.25) is 0 Å². The molecule has 42 valence electrons. The average Bonchev–Trinajstić information content (AvgIpc) is 0. The third kappa shape index (κ3) is 47.4. The van der Waals surface area contributed by atoms with Gasteiger partial charge in [0, 0.05) is 21.7 Å². The van der Waals surface area contributed by atoms with E-state index in [4.69, 9.17) is 0 Å². The van der Waals surface area contributed by atoms with Crippen LogP contribution in [0.5, 0.6) is 0 Å². The summed E-state index contributed by atoms with van der Waals surface area (Å²) in [6.07, 6.45) is 0. The Hall–Kier alpha value is 3.13. The van der Waals surface area contributed by atoms with E-state index in [-0.39, 0.29) is 126 Å². The zero-order valence-electron chi connectivity index (χ0n) is 7.21. The van der Waals surface area contributed by atoms with E-state index in [0.29, 0.717) is 0 Å². The first-order valence-corrected chi connectivity index (χ1v) is 0. The van der Waals surface area contributed by atoms with Crippen LogP contribution >= 0.6 is 0 Å². The molecule has 0 saturated carbocycles. The quantitative estimate of drug-likeness (QED) is 0.392. The van der Waals surface area contributed by atoms with Gasteiger partial charge in [0.15, 0.2) is 0 Å². The summed E-state index contributed by atoms with van der Waals surface area (Å²) in [5.41, 5.74) is 0. The molecule has 0 aliphatic carbocycles. The summed E-state index contributed by atoms with van der Waals surface area (Å²) in [6, 6.07) is 0. The average molecular weight is 283 g/mol. The maximum absolute atomic E-state index is 0. The van der Waals surface area contributed by atoms with Crippen LogP contribution in [0.2, 0.25) is 0 Å². The second kappa shape index (κ2) is 61.7. The maximum atomic E-state index is 0. The third-order valence-electron chi connectivity index (χ3n) is 0. The largest absolute Gasteiger partial charge is 2.00 e. The first kappa shape index (κ1) is 86.3. The fourth-order valence-electron chi connectivity index (χ4n) is 0. The normalized spacial score (nSPS) is 0. The van der Waals surface area contributed by atoms with E-state index in [0.717, 1.165) is 0 Å². The number of rotatable bonds is 0. The van der Waals surface area contributed by atoms with Crippen molar-refractivity contribution in [1.29, 1.82) is 0 Å². The molecule has 0 spiro atoms. The van der Waals surface area contributed by atoms with Gasteiger partial charge in [-0.25, -0.2) is 0 Å². The van der Waals surface area contributed by atoms with Crippen molar-refractivity contribution < 1.29 is 77.5 Å². The van der Waals surface area contributed by atoms with Gasteiger partial charge in [0.05, 0.1) is 0 Å². The molecule has 0 bridgehead atoms. The van der Waals surface area contributed by atoms with E-state index in [1.54, 1.807) is 0 Å². The molecule has 0 aliphatic rings. The maximum Gasteiger partial charge on any atom is 2.00 e. The van der Waals surface area contributed by atoms with Crippen LogP contribution in [0.25, 0.3) is 0 Å². The van der Waals surface area contributed by atoms with Crippen LogP contribution in [0.3, 0.4) is 0 Å². The minimum absolute atomic E-state index is 0. The van der Waals surface area contributed by atoms with E-state index in [1.165, 1.54) is 0 Å². The Kier molecular flexibility index (Phi) is 760. The van der Waals surface area contributed by atoms with Crippen LogP contribution in [-0.4, -0.2) is 70.8 Å². The molecule has 0 saturated heterocycles. The molecule has 8 N–H and O–H groups in total. The van der Waals surface area contributed by atoms with Crippen LogP contribution in [0.1, 0.15) is 4.28 Å². The molecule has 0 aromatic carbocycles. The van der Waals surface area contributed by atoms with Crippen molar-refractivity contribution >= 4 is 48.9 Å². The zero-order valence-corrected chi connectivity index (χ0v) is 12.2. The Bertz CT molecular complexity index is 20.5. The molecule has 7 heteroatoms. The van der Waals surface area contributed by atoms with Gasteiger partial charge in [0.25, 0.3) is 0 Å². The molecule has 0 atom stereocenters. The molecule has 0 rings (SSSR count). The smallest absolute Gasteiger partial charge is 1.00 e. The molecular weight excluding hydrogens is 272 g/mol. The first-order chi connectivity index (χ1) is 0. The Morgan fingerprint density at radius 2 is 0.714 bits per heavy atom. The van der Waals surface area contributed by atoms with Crippen LogP contribution in [0, 0.1) is 0 Å². The third-order valence-corrected chi connectivity index (χ3v) is 0. The van der Waals surface area contributed by atoms with Crippen molar-refractivity contribution in [2.75, 3.05) is 0 Å². The van der Waals surface area contributed by atoms with E-state index in [9.17, 15) is 0 Å². The molecule has 0 amide bonds. The minimum atomic E-state index is 0.